The normalized spacial score (nSPS) is 18.4. The van der Waals surface area contributed by atoms with Crippen LogP contribution in [0.5, 0.6) is 0 Å². The topological polar surface area (TPSA) is 75.6 Å². The third-order valence-corrected chi connectivity index (χ3v) is 6.62. The van der Waals surface area contributed by atoms with Crippen LogP contribution in [0.4, 0.5) is 0 Å². The Kier molecular flexibility index (Phi) is 6.42. The number of rotatable bonds is 5. The zero-order chi connectivity index (χ0) is 23.1. The van der Waals surface area contributed by atoms with Gasteiger partial charge in [0.25, 0.3) is 0 Å². The van der Waals surface area contributed by atoms with Gasteiger partial charge in [0.15, 0.2) is 5.60 Å². The minimum absolute atomic E-state index is 0.0366. The molecule has 3 rings (SSSR count). The zero-order valence-electron chi connectivity index (χ0n) is 19.4. The van der Waals surface area contributed by atoms with Crippen LogP contribution in [0.25, 0.3) is 0 Å². The first kappa shape index (κ1) is 23.9. The van der Waals surface area contributed by atoms with Crippen molar-refractivity contribution in [2.24, 2.45) is 0 Å². The molecule has 0 amide bonds. The van der Waals surface area contributed by atoms with Crippen LogP contribution >= 0.6 is 0 Å². The predicted octanol–water partition coefficient (Wildman–Crippen LogP) is 5.10. The Morgan fingerprint density at radius 3 is 1.48 bits per heavy atom. The van der Waals surface area contributed by atoms with E-state index in [2.05, 4.69) is 46.9 Å². The molecule has 2 aromatic rings. The smallest absolute Gasteiger partial charge is 0.311 e. The van der Waals surface area contributed by atoms with Gasteiger partial charge in [-0.3, -0.25) is 4.55 Å². The second-order valence-corrected chi connectivity index (χ2v) is 11.6. The van der Waals surface area contributed by atoms with Crippen molar-refractivity contribution < 1.29 is 17.2 Å². The molecule has 1 aliphatic heterocycles. The van der Waals surface area contributed by atoms with Crippen molar-refractivity contribution in [2.75, 3.05) is 6.54 Å². The molecule has 1 atom stereocenters. The SMILES string of the molecule is CC(C)(C)c1ccc(C(OS(=O)(=O)O)(c2ccc(C(C)(C)C)cc2)C2CCCN2)cc1. The molecule has 1 unspecified atom stereocenters. The molecule has 0 saturated carbocycles. The molecule has 2 aromatic carbocycles. The monoisotopic (exact) mass is 445 g/mol. The molecule has 6 heteroatoms. The third-order valence-electron chi connectivity index (χ3n) is 6.15. The highest BCUT2D eigenvalue weighted by Crippen LogP contribution is 2.42. The van der Waals surface area contributed by atoms with Crippen LogP contribution in [0.1, 0.15) is 76.6 Å². The third kappa shape index (κ3) is 5.20. The van der Waals surface area contributed by atoms with Crippen LogP contribution in [0.2, 0.25) is 0 Å². The fraction of sp³-hybridized carbons (Fsp3) is 0.520. The van der Waals surface area contributed by atoms with Crippen molar-refractivity contribution in [1.29, 1.82) is 0 Å². The second kappa shape index (κ2) is 8.32. The van der Waals surface area contributed by atoms with Crippen LogP contribution in [-0.2, 0) is 31.0 Å². The molecule has 1 saturated heterocycles. The van der Waals surface area contributed by atoms with Crippen molar-refractivity contribution in [3.63, 3.8) is 0 Å². The first-order valence-corrected chi connectivity index (χ1v) is 12.2. The van der Waals surface area contributed by atoms with E-state index in [1.165, 1.54) is 0 Å². The molecule has 1 aliphatic rings. The summed E-state index contributed by atoms with van der Waals surface area (Å²) in [5.74, 6) is 0. The van der Waals surface area contributed by atoms with Gasteiger partial charge in [-0.05, 0) is 52.5 Å². The zero-order valence-corrected chi connectivity index (χ0v) is 20.2. The number of hydrogen-bond donors (Lipinski definition) is 2. The quantitative estimate of drug-likeness (QED) is 0.627. The molecule has 1 fully saturated rings. The van der Waals surface area contributed by atoms with Gasteiger partial charge in [-0.2, -0.15) is 8.42 Å². The molecule has 170 valence electrons. The van der Waals surface area contributed by atoms with Gasteiger partial charge in [-0.1, -0.05) is 90.1 Å². The highest BCUT2D eigenvalue weighted by Gasteiger charge is 2.48. The second-order valence-electron chi connectivity index (χ2n) is 10.6. The Morgan fingerprint density at radius 2 is 1.19 bits per heavy atom. The van der Waals surface area contributed by atoms with Crippen LogP contribution in [0, 0.1) is 0 Å². The van der Waals surface area contributed by atoms with Crippen LogP contribution in [0.15, 0.2) is 48.5 Å². The summed E-state index contributed by atoms with van der Waals surface area (Å²) in [4.78, 5) is 0. The van der Waals surface area contributed by atoms with E-state index in [0.29, 0.717) is 11.1 Å². The van der Waals surface area contributed by atoms with E-state index in [1.807, 2.05) is 48.5 Å². The molecule has 0 aliphatic carbocycles. The average Bonchev–Trinajstić information content (AvgIpc) is 3.19. The first-order valence-electron chi connectivity index (χ1n) is 10.9. The van der Waals surface area contributed by atoms with Gasteiger partial charge in [0.1, 0.15) is 0 Å². The molecule has 1 heterocycles. The Bertz CT molecular complexity index is 934. The van der Waals surface area contributed by atoms with Crippen molar-refractivity contribution >= 4 is 10.4 Å². The Morgan fingerprint density at radius 1 is 0.806 bits per heavy atom. The lowest BCUT2D eigenvalue weighted by Crippen LogP contribution is -2.49. The van der Waals surface area contributed by atoms with Crippen molar-refractivity contribution in [3.8, 4) is 0 Å². The lowest BCUT2D eigenvalue weighted by Gasteiger charge is -2.39. The molecule has 0 bridgehead atoms. The van der Waals surface area contributed by atoms with Gasteiger partial charge in [-0.15, -0.1) is 0 Å². The van der Waals surface area contributed by atoms with E-state index in [9.17, 15) is 13.0 Å². The molecule has 2 N–H and O–H groups in total. The standard InChI is InChI=1S/C25H35NO4S/c1-23(2,3)18-9-13-20(14-10-18)25(30-31(27,28)29,22-8-7-17-26-22)21-15-11-19(12-16-21)24(4,5)6/h9-16,22,26H,7-8,17H2,1-6H3,(H,27,28,29). The number of hydrogen-bond acceptors (Lipinski definition) is 4. The van der Waals surface area contributed by atoms with Crippen LogP contribution in [-0.4, -0.2) is 25.6 Å². The molecule has 0 aromatic heterocycles. The maximum Gasteiger partial charge on any atom is 0.398 e. The van der Waals surface area contributed by atoms with E-state index in [4.69, 9.17) is 4.18 Å². The first-order chi connectivity index (χ1) is 14.2. The van der Waals surface area contributed by atoms with E-state index >= 15 is 0 Å². The summed E-state index contributed by atoms with van der Waals surface area (Å²) in [6, 6.07) is 15.4. The van der Waals surface area contributed by atoms with E-state index < -0.39 is 16.0 Å². The highest BCUT2D eigenvalue weighted by atomic mass is 32.3. The van der Waals surface area contributed by atoms with Gasteiger partial charge >= 0.3 is 10.4 Å². The highest BCUT2D eigenvalue weighted by molar-refractivity contribution is 7.80. The maximum absolute atomic E-state index is 12.1. The molecule has 5 nitrogen and oxygen atoms in total. The summed E-state index contributed by atoms with van der Waals surface area (Å²) in [5, 5.41) is 3.41. The summed E-state index contributed by atoms with van der Waals surface area (Å²) in [6.45, 7) is 13.6. The maximum atomic E-state index is 12.1. The average molecular weight is 446 g/mol. The van der Waals surface area contributed by atoms with Crippen molar-refractivity contribution in [1.82, 2.24) is 5.32 Å². The molecule has 31 heavy (non-hydrogen) atoms. The molecular weight excluding hydrogens is 410 g/mol. The number of nitrogens with one attached hydrogen (secondary N) is 1. The summed E-state index contributed by atoms with van der Waals surface area (Å²) in [6.07, 6.45) is 1.64. The summed E-state index contributed by atoms with van der Waals surface area (Å²) in [5.41, 5.74) is 2.23. The van der Waals surface area contributed by atoms with Gasteiger partial charge in [0.05, 0.1) is 0 Å². The predicted molar refractivity (Wildman–Crippen MR) is 125 cm³/mol. The van der Waals surface area contributed by atoms with Crippen LogP contribution in [0.3, 0.4) is 0 Å². The minimum Gasteiger partial charge on any atom is -0.311 e. The summed E-state index contributed by atoms with van der Waals surface area (Å²) >= 11 is 0. The Hall–Kier alpha value is -1.73. The fourth-order valence-corrected chi connectivity index (χ4v) is 5.00. The van der Waals surface area contributed by atoms with Gasteiger partial charge in [-0.25, -0.2) is 4.18 Å². The van der Waals surface area contributed by atoms with E-state index in [1.54, 1.807) is 0 Å². The van der Waals surface area contributed by atoms with Crippen molar-refractivity contribution in [2.45, 2.75) is 76.9 Å². The summed E-state index contributed by atoms with van der Waals surface area (Å²) in [7, 11) is -4.73. The van der Waals surface area contributed by atoms with E-state index in [0.717, 1.165) is 30.5 Å². The lowest BCUT2D eigenvalue weighted by molar-refractivity contribution is 0.0649. The lowest BCUT2D eigenvalue weighted by atomic mass is 9.77. The van der Waals surface area contributed by atoms with Gasteiger partial charge in [0, 0.05) is 6.04 Å². The largest absolute Gasteiger partial charge is 0.398 e. The number of benzene rings is 2. The van der Waals surface area contributed by atoms with E-state index in [-0.39, 0.29) is 16.9 Å². The fourth-order valence-electron chi connectivity index (χ4n) is 4.36. The Labute approximate surface area is 187 Å². The molecule has 0 radical (unpaired) electrons. The minimum atomic E-state index is -4.73. The van der Waals surface area contributed by atoms with Gasteiger partial charge < -0.3 is 5.32 Å². The molecule has 0 spiro atoms. The van der Waals surface area contributed by atoms with Crippen molar-refractivity contribution in [3.05, 3.63) is 70.8 Å². The Balaban J connectivity index is 2.23. The summed E-state index contributed by atoms with van der Waals surface area (Å²) < 4.78 is 39.6. The van der Waals surface area contributed by atoms with Crippen LogP contribution < -0.4 is 5.32 Å². The van der Waals surface area contributed by atoms with Gasteiger partial charge in [0.2, 0.25) is 0 Å². The molecular formula is C25H35NO4S.